The van der Waals surface area contributed by atoms with Crippen molar-refractivity contribution in [3.8, 4) is 0 Å². The molecule has 1 aromatic rings. The van der Waals surface area contributed by atoms with E-state index in [4.69, 9.17) is 5.73 Å². The topological polar surface area (TPSA) is 41.3 Å². The summed E-state index contributed by atoms with van der Waals surface area (Å²) in [5, 5.41) is 3.30. The van der Waals surface area contributed by atoms with Crippen molar-refractivity contribution in [1.82, 2.24) is 0 Å². The lowest BCUT2D eigenvalue weighted by molar-refractivity contribution is 0.413. The van der Waals surface area contributed by atoms with Crippen molar-refractivity contribution >= 4 is 11.4 Å². The summed E-state index contributed by atoms with van der Waals surface area (Å²) in [4.78, 5) is 2.12. The number of rotatable bonds is 6. The summed E-state index contributed by atoms with van der Waals surface area (Å²) >= 11 is 0. The SMILES string of the molecule is CC(C)C(CN)CNc1ccc(N2CCCC2)c(F)c1. The van der Waals surface area contributed by atoms with Crippen molar-refractivity contribution in [3.05, 3.63) is 24.0 Å². The summed E-state index contributed by atoms with van der Waals surface area (Å²) in [7, 11) is 0. The monoisotopic (exact) mass is 279 g/mol. The van der Waals surface area contributed by atoms with Crippen molar-refractivity contribution in [2.75, 3.05) is 36.4 Å². The van der Waals surface area contributed by atoms with E-state index in [2.05, 4.69) is 24.1 Å². The van der Waals surface area contributed by atoms with E-state index >= 15 is 0 Å². The molecule has 112 valence electrons. The fourth-order valence-electron chi connectivity index (χ4n) is 2.67. The van der Waals surface area contributed by atoms with Gasteiger partial charge in [-0.25, -0.2) is 4.39 Å². The average Bonchev–Trinajstić information content (AvgIpc) is 2.93. The summed E-state index contributed by atoms with van der Waals surface area (Å²) in [6.45, 7) is 7.70. The summed E-state index contributed by atoms with van der Waals surface area (Å²) in [5.41, 5.74) is 7.32. The smallest absolute Gasteiger partial charge is 0.148 e. The first kappa shape index (κ1) is 15.1. The van der Waals surface area contributed by atoms with Gasteiger partial charge in [0.2, 0.25) is 0 Å². The van der Waals surface area contributed by atoms with Gasteiger partial charge in [-0.3, -0.25) is 0 Å². The summed E-state index contributed by atoms with van der Waals surface area (Å²) in [6, 6.07) is 5.45. The summed E-state index contributed by atoms with van der Waals surface area (Å²) < 4.78 is 14.2. The molecule has 1 aliphatic heterocycles. The predicted octanol–water partition coefficient (Wildman–Crippen LogP) is 3.07. The molecule has 0 aromatic heterocycles. The van der Waals surface area contributed by atoms with Gasteiger partial charge in [0, 0.05) is 25.3 Å². The van der Waals surface area contributed by atoms with Gasteiger partial charge in [-0.05, 0) is 49.4 Å². The first-order valence-corrected chi connectivity index (χ1v) is 7.60. The highest BCUT2D eigenvalue weighted by molar-refractivity contribution is 5.56. The van der Waals surface area contributed by atoms with Crippen LogP contribution in [0.1, 0.15) is 26.7 Å². The van der Waals surface area contributed by atoms with Crippen LogP contribution in [0.3, 0.4) is 0 Å². The van der Waals surface area contributed by atoms with E-state index in [1.165, 1.54) is 0 Å². The van der Waals surface area contributed by atoms with Gasteiger partial charge in [-0.1, -0.05) is 13.8 Å². The second-order valence-electron chi connectivity index (χ2n) is 5.98. The number of nitrogens with one attached hydrogen (secondary N) is 1. The lowest BCUT2D eigenvalue weighted by atomic mass is 9.96. The fourth-order valence-corrected chi connectivity index (χ4v) is 2.67. The molecule has 1 atom stereocenters. The van der Waals surface area contributed by atoms with E-state index in [0.29, 0.717) is 18.4 Å². The number of halogens is 1. The van der Waals surface area contributed by atoms with Crippen LogP contribution in [-0.4, -0.2) is 26.2 Å². The minimum atomic E-state index is -0.134. The van der Waals surface area contributed by atoms with E-state index in [1.807, 2.05) is 12.1 Å². The fraction of sp³-hybridized carbons (Fsp3) is 0.625. The molecule has 0 bridgehead atoms. The molecule has 3 N–H and O–H groups in total. The Labute approximate surface area is 121 Å². The second-order valence-corrected chi connectivity index (χ2v) is 5.98. The van der Waals surface area contributed by atoms with Crippen LogP contribution in [0.5, 0.6) is 0 Å². The van der Waals surface area contributed by atoms with Crippen molar-refractivity contribution in [3.63, 3.8) is 0 Å². The third kappa shape index (κ3) is 3.63. The van der Waals surface area contributed by atoms with Crippen LogP contribution in [0.4, 0.5) is 15.8 Å². The van der Waals surface area contributed by atoms with Crippen LogP contribution < -0.4 is 16.0 Å². The van der Waals surface area contributed by atoms with Gasteiger partial charge < -0.3 is 16.0 Å². The van der Waals surface area contributed by atoms with Gasteiger partial charge in [-0.2, -0.15) is 0 Å². The zero-order valence-electron chi connectivity index (χ0n) is 12.5. The third-order valence-electron chi connectivity index (χ3n) is 4.21. The Bertz CT molecular complexity index is 428. The molecule has 0 spiro atoms. The molecule has 1 aromatic carbocycles. The van der Waals surface area contributed by atoms with Crippen molar-refractivity contribution < 1.29 is 4.39 Å². The zero-order chi connectivity index (χ0) is 14.5. The Balaban J connectivity index is 1.98. The van der Waals surface area contributed by atoms with Crippen LogP contribution in [0.2, 0.25) is 0 Å². The Morgan fingerprint density at radius 3 is 2.55 bits per heavy atom. The molecule has 20 heavy (non-hydrogen) atoms. The molecule has 1 aliphatic rings. The number of benzene rings is 1. The molecule has 1 heterocycles. The standard InChI is InChI=1S/C16H26FN3/c1-12(2)13(10-18)11-19-14-5-6-16(15(17)9-14)20-7-3-4-8-20/h5-6,9,12-13,19H,3-4,7-8,10-11,18H2,1-2H3. The first-order chi connectivity index (χ1) is 9.61. The largest absolute Gasteiger partial charge is 0.385 e. The van der Waals surface area contributed by atoms with Gasteiger partial charge in [-0.15, -0.1) is 0 Å². The molecule has 1 fully saturated rings. The maximum Gasteiger partial charge on any atom is 0.148 e. The van der Waals surface area contributed by atoms with Crippen LogP contribution in [0.25, 0.3) is 0 Å². The lowest BCUT2D eigenvalue weighted by Crippen LogP contribution is -2.27. The van der Waals surface area contributed by atoms with Crippen molar-refractivity contribution in [2.24, 2.45) is 17.6 Å². The molecular formula is C16H26FN3. The molecule has 1 saturated heterocycles. The average molecular weight is 279 g/mol. The quantitative estimate of drug-likeness (QED) is 0.841. The zero-order valence-corrected chi connectivity index (χ0v) is 12.5. The minimum Gasteiger partial charge on any atom is -0.385 e. The number of nitrogens with zero attached hydrogens (tertiary/aromatic N) is 1. The van der Waals surface area contributed by atoms with Crippen LogP contribution >= 0.6 is 0 Å². The predicted molar refractivity (Wildman–Crippen MR) is 83.7 cm³/mol. The molecule has 1 unspecified atom stereocenters. The molecule has 0 aliphatic carbocycles. The Morgan fingerprint density at radius 1 is 1.30 bits per heavy atom. The van der Waals surface area contributed by atoms with Crippen LogP contribution in [0.15, 0.2) is 18.2 Å². The normalized spacial score (nSPS) is 16.8. The molecular weight excluding hydrogens is 253 g/mol. The summed E-state index contributed by atoms with van der Waals surface area (Å²) in [5.74, 6) is 0.809. The van der Waals surface area contributed by atoms with Gasteiger partial charge in [0.25, 0.3) is 0 Å². The van der Waals surface area contributed by atoms with Crippen LogP contribution in [-0.2, 0) is 0 Å². The van der Waals surface area contributed by atoms with Crippen molar-refractivity contribution in [1.29, 1.82) is 0 Å². The lowest BCUT2D eigenvalue weighted by Gasteiger charge is -2.21. The highest BCUT2D eigenvalue weighted by atomic mass is 19.1. The second kappa shape index (κ2) is 6.93. The molecule has 0 amide bonds. The number of nitrogens with two attached hydrogens (primary N) is 1. The summed E-state index contributed by atoms with van der Waals surface area (Å²) in [6.07, 6.45) is 2.32. The molecule has 3 nitrogen and oxygen atoms in total. The number of anilines is 2. The Kier molecular flexibility index (Phi) is 5.24. The molecule has 0 radical (unpaired) electrons. The van der Waals surface area contributed by atoms with Crippen molar-refractivity contribution in [2.45, 2.75) is 26.7 Å². The van der Waals surface area contributed by atoms with Gasteiger partial charge >= 0.3 is 0 Å². The van der Waals surface area contributed by atoms with Gasteiger partial charge in [0.05, 0.1) is 5.69 Å². The Morgan fingerprint density at radius 2 is 2.00 bits per heavy atom. The Hall–Kier alpha value is -1.29. The number of hydrogen-bond donors (Lipinski definition) is 2. The third-order valence-corrected chi connectivity index (χ3v) is 4.21. The van der Waals surface area contributed by atoms with E-state index in [1.54, 1.807) is 6.07 Å². The van der Waals surface area contributed by atoms with E-state index in [0.717, 1.165) is 43.9 Å². The van der Waals surface area contributed by atoms with E-state index in [9.17, 15) is 4.39 Å². The molecule has 4 heteroatoms. The van der Waals surface area contributed by atoms with Gasteiger partial charge in [0.15, 0.2) is 0 Å². The van der Waals surface area contributed by atoms with Crippen LogP contribution in [0, 0.1) is 17.7 Å². The number of hydrogen-bond acceptors (Lipinski definition) is 3. The minimum absolute atomic E-state index is 0.134. The first-order valence-electron chi connectivity index (χ1n) is 7.60. The molecule has 2 rings (SSSR count). The van der Waals surface area contributed by atoms with Gasteiger partial charge in [0.1, 0.15) is 5.82 Å². The maximum absolute atomic E-state index is 14.2. The highest BCUT2D eigenvalue weighted by Gasteiger charge is 2.16. The highest BCUT2D eigenvalue weighted by Crippen LogP contribution is 2.26. The maximum atomic E-state index is 14.2. The van der Waals surface area contributed by atoms with E-state index < -0.39 is 0 Å². The molecule has 0 saturated carbocycles. The van der Waals surface area contributed by atoms with E-state index in [-0.39, 0.29) is 5.82 Å².